The molecule has 3 rings (SSSR count). The summed E-state index contributed by atoms with van der Waals surface area (Å²) in [5.74, 6) is -0.524. The Kier molecular flexibility index (Phi) is 5.91. The fourth-order valence-electron chi connectivity index (χ4n) is 2.31. The highest BCUT2D eigenvalue weighted by atomic mass is 32.1. The molecule has 2 heterocycles. The molecule has 3 amide bonds. The Hall–Kier alpha value is -3.52. The standard InChI is InChI=1S/C19H16N4O3S/c24-16(17-9-5-11-27-17)13-23-10-4-6-14(12-23)18(25)21-22-19(26)20-15-7-2-1-3-8-15/h1-12H,13H2,(H2-,20,21,22,25,26)/p+1. The second-order valence-corrected chi connectivity index (χ2v) is 6.51. The number of anilines is 1. The molecule has 0 aliphatic heterocycles. The van der Waals surface area contributed by atoms with Crippen LogP contribution in [0.4, 0.5) is 10.5 Å². The molecule has 2 aromatic heterocycles. The van der Waals surface area contributed by atoms with Gasteiger partial charge in [-0.15, -0.1) is 11.3 Å². The van der Waals surface area contributed by atoms with Gasteiger partial charge in [-0.05, 0) is 29.6 Å². The van der Waals surface area contributed by atoms with E-state index in [1.54, 1.807) is 59.4 Å². The van der Waals surface area contributed by atoms with E-state index in [4.69, 9.17) is 0 Å². The van der Waals surface area contributed by atoms with Gasteiger partial charge in [-0.3, -0.25) is 15.0 Å². The van der Waals surface area contributed by atoms with Crippen molar-refractivity contribution in [1.82, 2.24) is 10.9 Å². The maximum Gasteiger partial charge on any atom is 0.337 e. The number of hydrazine groups is 1. The number of carbonyl (C=O) groups excluding carboxylic acids is 3. The van der Waals surface area contributed by atoms with Crippen LogP contribution in [0.25, 0.3) is 0 Å². The molecule has 0 saturated heterocycles. The first-order valence-corrected chi connectivity index (χ1v) is 8.98. The molecule has 0 bridgehead atoms. The van der Waals surface area contributed by atoms with Crippen molar-refractivity contribution in [3.63, 3.8) is 0 Å². The van der Waals surface area contributed by atoms with Crippen LogP contribution in [-0.4, -0.2) is 17.7 Å². The monoisotopic (exact) mass is 381 g/mol. The van der Waals surface area contributed by atoms with Crippen LogP contribution in [0, 0.1) is 0 Å². The van der Waals surface area contributed by atoms with Gasteiger partial charge in [0, 0.05) is 11.8 Å². The molecule has 0 aliphatic carbocycles. The summed E-state index contributed by atoms with van der Waals surface area (Å²) in [4.78, 5) is 36.9. The maximum atomic E-state index is 12.2. The Balaban J connectivity index is 1.55. The number of hydrogen-bond donors (Lipinski definition) is 3. The van der Waals surface area contributed by atoms with E-state index in [9.17, 15) is 14.4 Å². The zero-order valence-corrected chi connectivity index (χ0v) is 15.0. The molecular weight excluding hydrogens is 364 g/mol. The van der Waals surface area contributed by atoms with Crippen LogP contribution in [0.1, 0.15) is 20.0 Å². The molecular formula is C19H17N4O3S+. The minimum atomic E-state index is -0.564. The van der Waals surface area contributed by atoms with Crippen molar-refractivity contribution in [3.05, 3.63) is 82.8 Å². The molecule has 0 aliphatic rings. The molecule has 3 aromatic rings. The van der Waals surface area contributed by atoms with Crippen molar-refractivity contribution in [2.24, 2.45) is 0 Å². The van der Waals surface area contributed by atoms with E-state index in [2.05, 4.69) is 16.2 Å². The molecule has 0 fully saturated rings. The average Bonchev–Trinajstić information content (AvgIpc) is 3.22. The lowest BCUT2D eigenvalue weighted by Gasteiger charge is -2.08. The molecule has 7 nitrogen and oxygen atoms in total. The Morgan fingerprint density at radius 2 is 1.74 bits per heavy atom. The van der Waals surface area contributed by atoms with Gasteiger partial charge < -0.3 is 5.32 Å². The molecule has 0 saturated carbocycles. The number of para-hydroxylation sites is 1. The lowest BCUT2D eigenvalue weighted by atomic mass is 10.2. The third-order valence-electron chi connectivity index (χ3n) is 3.56. The summed E-state index contributed by atoms with van der Waals surface area (Å²) in [6.45, 7) is 0.129. The number of pyridine rings is 1. The number of carbonyl (C=O) groups is 3. The van der Waals surface area contributed by atoms with Gasteiger partial charge in [0.25, 0.3) is 5.91 Å². The van der Waals surface area contributed by atoms with Gasteiger partial charge in [0.1, 0.15) is 5.56 Å². The van der Waals surface area contributed by atoms with Crippen LogP contribution in [0.2, 0.25) is 0 Å². The van der Waals surface area contributed by atoms with E-state index in [1.165, 1.54) is 11.3 Å². The number of benzene rings is 1. The van der Waals surface area contributed by atoms with Crippen LogP contribution >= 0.6 is 11.3 Å². The number of rotatable bonds is 5. The fraction of sp³-hybridized carbons (Fsp3) is 0.0526. The molecule has 0 unspecified atom stereocenters. The largest absolute Gasteiger partial charge is 0.337 e. The number of urea groups is 1. The predicted octanol–water partition coefficient (Wildman–Crippen LogP) is 2.39. The minimum Gasteiger partial charge on any atom is -0.307 e. The van der Waals surface area contributed by atoms with Crippen molar-refractivity contribution < 1.29 is 19.0 Å². The van der Waals surface area contributed by atoms with Crippen LogP contribution in [0.3, 0.4) is 0 Å². The SMILES string of the molecule is O=C(NNC(=O)c1ccc[n+](CC(=O)c2cccs2)c1)Nc1ccccc1. The first kappa shape index (κ1) is 18.3. The Morgan fingerprint density at radius 3 is 2.48 bits per heavy atom. The Labute approximate surface area is 159 Å². The summed E-state index contributed by atoms with van der Waals surface area (Å²) in [6.07, 6.45) is 3.26. The third kappa shape index (κ3) is 5.23. The normalized spacial score (nSPS) is 10.1. The quantitative estimate of drug-likeness (QED) is 0.360. The topological polar surface area (TPSA) is 91.2 Å². The summed E-state index contributed by atoms with van der Waals surface area (Å²) in [6, 6.07) is 15.1. The average molecular weight is 381 g/mol. The Bertz CT molecular complexity index is 943. The summed E-state index contributed by atoms with van der Waals surface area (Å²) < 4.78 is 1.63. The van der Waals surface area contributed by atoms with E-state index < -0.39 is 11.9 Å². The molecule has 0 spiro atoms. The highest BCUT2D eigenvalue weighted by Gasteiger charge is 2.16. The number of ketones is 1. The summed E-state index contributed by atoms with van der Waals surface area (Å²) in [7, 11) is 0. The van der Waals surface area contributed by atoms with Gasteiger partial charge >= 0.3 is 6.03 Å². The first-order valence-electron chi connectivity index (χ1n) is 8.10. The lowest BCUT2D eigenvalue weighted by molar-refractivity contribution is -0.683. The van der Waals surface area contributed by atoms with Crippen molar-refractivity contribution in [2.45, 2.75) is 6.54 Å². The van der Waals surface area contributed by atoms with Gasteiger partial charge in [-0.25, -0.2) is 10.2 Å². The second-order valence-electron chi connectivity index (χ2n) is 5.56. The molecule has 0 atom stereocenters. The zero-order valence-electron chi connectivity index (χ0n) is 14.2. The van der Waals surface area contributed by atoms with Crippen molar-refractivity contribution in [1.29, 1.82) is 0 Å². The van der Waals surface area contributed by atoms with Crippen LogP contribution in [0.15, 0.2) is 72.4 Å². The number of aromatic nitrogens is 1. The number of hydrogen-bond acceptors (Lipinski definition) is 4. The number of nitrogens with one attached hydrogen (secondary N) is 3. The molecule has 27 heavy (non-hydrogen) atoms. The number of amides is 3. The van der Waals surface area contributed by atoms with Gasteiger partial charge in [0.15, 0.2) is 12.4 Å². The van der Waals surface area contributed by atoms with Crippen LogP contribution in [0.5, 0.6) is 0 Å². The fourth-order valence-corrected chi connectivity index (χ4v) is 2.96. The molecule has 8 heteroatoms. The maximum absolute atomic E-state index is 12.2. The van der Waals surface area contributed by atoms with Crippen molar-refractivity contribution in [3.8, 4) is 0 Å². The molecule has 136 valence electrons. The molecule has 3 N–H and O–H groups in total. The smallest absolute Gasteiger partial charge is 0.307 e. The van der Waals surface area contributed by atoms with Crippen LogP contribution < -0.4 is 20.7 Å². The van der Waals surface area contributed by atoms with Gasteiger partial charge in [0.05, 0.1) is 4.88 Å². The number of nitrogens with zero attached hydrogens (tertiary/aromatic N) is 1. The first-order chi connectivity index (χ1) is 13.1. The highest BCUT2D eigenvalue weighted by Crippen LogP contribution is 2.09. The van der Waals surface area contributed by atoms with Crippen molar-refractivity contribution in [2.75, 3.05) is 5.32 Å². The van der Waals surface area contributed by atoms with Gasteiger partial charge in [-0.2, -0.15) is 4.57 Å². The van der Waals surface area contributed by atoms with Gasteiger partial charge in [-0.1, -0.05) is 24.3 Å². The van der Waals surface area contributed by atoms with E-state index in [0.29, 0.717) is 16.1 Å². The van der Waals surface area contributed by atoms with E-state index >= 15 is 0 Å². The van der Waals surface area contributed by atoms with Crippen LogP contribution in [-0.2, 0) is 6.54 Å². The van der Waals surface area contributed by atoms with E-state index in [0.717, 1.165) is 0 Å². The molecule has 1 aromatic carbocycles. The summed E-state index contributed by atoms with van der Waals surface area (Å²) in [5, 5.41) is 4.43. The molecule has 0 radical (unpaired) electrons. The minimum absolute atomic E-state index is 0.0343. The Morgan fingerprint density at radius 1 is 0.926 bits per heavy atom. The zero-order chi connectivity index (χ0) is 19.1. The number of thiophene rings is 1. The number of Topliss-reactive ketones (excluding diaryl/α,β-unsaturated/α-hetero) is 1. The summed E-state index contributed by atoms with van der Waals surface area (Å²) in [5.41, 5.74) is 5.54. The van der Waals surface area contributed by atoms with Crippen molar-refractivity contribution >= 4 is 34.7 Å². The van der Waals surface area contributed by atoms with E-state index in [-0.39, 0.29) is 12.3 Å². The predicted molar refractivity (Wildman–Crippen MR) is 101 cm³/mol. The third-order valence-corrected chi connectivity index (χ3v) is 4.47. The summed E-state index contributed by atoms with van der Waals surface area (Å²) >= 11 is 1.38. The van der Waals surface area contributed by atoms with Gasteiger partial charge in [0.2, 0.25) is 12.3 Å². The lowest BCUT2D eigenvalue weighted by Crippen LogP contribution is -2.45. The second kappa shape index (κ2) is 8.72. The van der Waals surface area contributed by atoms with E-state index in [1.807, 2.05) is 17.5 Å². The highest BCUT2D eigenvalue weighted by molar-refractivity contribution is 7.12.